The molecule has 30 heavy (non-hydrogen) atoms. The van der Waals surface area contributed by atoms with Gasteiger partial charge in [-0.05, 0) is 92.2 Å². The van der Waals surface area contributed by atoms with E-state index in [0.29, 0.717) is 40.1 Å². The summed E-state index contributed by atoms with van der Waals surface area (Å²) in [5, 5.41) is 5.75. The fourth-order valence-corrected chi connectivity index (χ4v) is 3.44. The number of nitrogens with zero attached hydrogens (tertiary/aromatic N) is 1. The number of thiocarbonyl (C=S) groups is 1. The normalized spacial score (nSPS) is 10.5. The second-order valence-electron chi connectivity index (χ2n) is 6.78. The van der Waals surface area contributed by atoms with Crippen LogP contribution in [0.1, 0.15) is 48.4 Å². The molecule has 0 bridgehead atoms. The Morgan fingerprint density at radius 1 is 1.10 bits per heavy atom. The summed E-state index contributed by atoms with van der Waals surface area (Å²) < 4.78 is 6.34. The van der Waals surface area contributed by atoms with Gasteiger partial charge in [-0.1, -0.05) is 6.07 Å². The van der Waals surface area contributed by atoms with Crippen molar-refractivity contribution >= 4 is 50.8 Å². The van der Waals surface area contributed by atoms with Gasteiger partial charge in [0.25, 0.3) is 11.8 Å². The van der Waals surface area contributed by atoms with Crippen LogP contribution in [-0.4, -0.2) is 41.0 Å². The van der Waals surface area contributed by atoms with Crippen molar-refractivity contribution in [3.63, 3.8) is 0 Å². The molecule has 2 amide bonds. The van der Waals surface area contributed by atoms with Crippen LogP contribution in [0, 0.1) is 0 Å². The molecule has 8 heteroatoms. The maximum absolute atomic E-state index is 12.5. The third kappa shape index (κ3) is 6.53. The van der Waals surface area contributed by atoms with Gasteiger partial charge in [-0.2, -0.15) is 0 Å². The molecule has 6 nitrogen and oxygen atoms in total. The Balaban J connectivity index is 2.04. The van der Waals surface area contributed by atoms with E-state index in [4.69, 9.17) is 17.0 Å². The van der Waals surface area contributed by atoms with Gasteiger partial charge in [0.05, 0.1) is 10.6 Å². The van der Waals surface area contributed by atoms with Crippen LogP contribution in [0.15, 0.2) is 46.9 Å². The van der Waals surface area contributed by atoms with Crippen LogP contribution < -0.4 is 15.4 Å². The van der Waals surface area contributed by atoms with Gasteiger partial charge in [-0.25, -0.2) is 0 Å². The number of carbonyl (C=O) groups excluding carboxylic acids is 2. The van der Waals surface area contributed by atoms with Gasteiger partial charge in [0.1, 0.15) is 5.75 Å². The maximum atomic E-state index is 12.5. The summed E-state index contributed by atoms with van der Waals surface area (Å²) in [5.74, 6) is 0.267. The largest absolute Gasteiger partial charge is 0.490 e. The highest BCUT2D eigenvalue weighted by Gasteiger charge is 2.14. The molecule has 0 saturated heterocycles. The lowest BCUT2D eigenvalue weighted by atomic mass is 10.1. The Hall–Kier alpha value is -2.45. The third-order valence-electron chi connectivity index (χ3n) is 4.20. The first-order chi connectivity index (χ1) is 14.2. The molecule has 0 atom stereocenters. The van der Waals surface area contributed by atoms with Crippen LogP contribution in [0.4, 0.5) is 5.69 Å². The predicted molar refractivity (Wildman–Crippen MR) is 127 cm³/mol. The molecule has 2 rings (SSSR count). The minimum atomic E-state index is -0.348. The fourth-order valence-electron chi connectivity index (χ4n) is 2.75. The first-order valence-corrected chi connectivity index (χ1v) is 10.9. The minimum Gasteiger partial charge on any atom is -0.490 e. The molecule has 0 aromatic heterocycles. The highest BCUT2D eigenvalue weighted by Crippen LogP contribution is 2.27. The third-order valence-corrected chi connectivity index (χ3v) is 5.03. The molecule has 0 fully saturated rings. The van der Waals surface area contributed by atoms with Crippen molar-refractivity contribution in [3.8, 4) is 5.75 Å². The average molecular weight is 492 g/mol. The zero-order chi connectivity index (χ0) is 22.3. The van der Waals surface area contributed by atoms with E-state index in [1.54, 1.807) is 47.4 Å². The summed E-state index contributed by atoms with van der Waals surface area (Å²) in [4.78, 5) is 26.8. The lowest BCUT2D eigenvalue weighted by Crippen LogP contribution is -2.34. The minimum absolute atomic E-state index is 0.0298. The number of anilines is 1. The first-order valence-electron chi connectivity index (χ1n) is 9.73. The second kappa shape index (κ2) is 11.1. The number of amides is 2. The van der Waals surface area contributed by atoms with Gasteiger partial charge in [0.15, 0.2) is 5.11 Å². The Morgan fingerprint density at radius 2 is 1.80 bits per heavy atom. The van der Waals surface area contributed by atoms with E-state index in [1.165, 1.54) is 0 Å². The number of benzene rings is 2. The van der Waals surface area contributed by atoms with Gasteiger partial charge in [-0.3, -0.25) is 14.9 Å². The number of nitrogens with one attached hydrogen (secondary N) is 2. The molecule has 0 spiro atoms. The predicted octanol–water partition coefficient (Wildman–Crippen LogP) is 4.85. The number of hydrogen-bond acceptors (Lipinski definition) is 4. The maximum Gasteiger partial charge on any atom is 0.257 e. The molecule has 0 aliphatic heterocycles. The molecule has 2 aromatic rings. The number of carbonyl (C=O) groups is 2. The van der Waals surface area contributed by atoms with Crippen molar-refractivity contribution < 1.29 is 14.3 Å². The molecule has 0 unspecified atom stereocenters. The Labute approximate surface area is 191 Å². The number of halogens is 1. The first kappa shape index (κ1) is 23.8. The number of ether oxygens (including phenoxy) is 1. The van der Waals surface area contributed by atoms with E-state index >= 15 is 0 Å². The van der Waals surface area contributed by atoms with Gasteiger partial charge in [0, 0.05) is 29.9 Å². The molecule has 2 aromatic carbocycles. The molecule has 0 radical (unpaired) electrons. The lowest BCUT2D eigenvalue weighted by molar-refractivity contribution is 0.0772. The second-order valence-corrected chi connectivity index (χ2v) is 8.04. The monoisotopic (exact) mass is 491 g/mol. The quantitative estimate of drug-likeness (QED) is 0.541. The molecular weight excluding hydrogens is 466 g/mol. The SMILES string of the molecule is CCN(CC)C(=O)c1cccc(NC(=S)NC(=O)c2ccc(OC(C)C)c(Br)c2)c1. The molecule has 0 saturated carbocycles. The molecular formula is C22H26BrN3O3S. The van der Waals surface area contributed by atoms with E-state index in [2.05, 4.69) is 26.6 Å². The molecule has 160 valence electrons. The lowest BCUT2D eigenvalue weighted by Gasteiger charge is -2.19. The topological polar surface area (TPSA) is 70.7 Å². The van der Waals surface area contributed by atoms with Gasteiger partial charge >= 0.3 is 0 Å². The molecule has 0 aliphatic rings. The van der Waals surface area contributed by atoms with Crippen LogP contribution in [-0.2, 0) is 0 Å². The zero-order valence-electron chi connectivity index (χ0n) is 17.5. The van der Waals surface area contributed by atoms with Crippen LogP contribution in [0.5, 0.6) is 5.75 Å². The standard InChI is InChI=1S/C22H26BrN3O3S/c1-5-26(6-2)21(28)16-8-7-9-17(12-16)24-22(30)25-20(27)15-10-11-19(18(23)13-15)29-14(3)4/h7-14H,5-6H2,1-4H3,(H2,24,25,27,30). The van der Waals surface area contributed by atoms with Crippen LogP contribution in [0.25, 0.3) is 0 Å². The van der Waals surface area contributed by atoms with Crippen LogP contribution in [0.3, 0.4) is 0 Å². The summed E-state index contributed by atoms with van der Waals surface area (Å²) >= 11 is 8.68. The van der Waals surface area contributed by atoms with E-state index in [-0.39, 0.29) is 23.0 Å². The highest BCUT2D eigenvalue weighted by molar-refractivity contribution is 9.10. The highest BCUT2D eigenvalue weighted by atomic mass is 79.9. The van der Waals surface area contributed by atoms with Crippen molar-refractivity contribution in [1.82, 2.24) is 10.2 Å². The van der Waals surface area contributed by atoms with E-state index < -0.39 is 0 Å². The fraction of sp³-hybridized carbons (Fsp3) is 0.318. The summed E-state index contributed by atoms with van der Waals surface area (Å²) in [6, 6.07) is 12.1. The van der Waals surface area contributed by atoms with E-state index in [0.717, 1.165) is 0 Å². The van der Waals surface area contributed by atoms with Crippen molar-refractivity contribution in [2.45, 2.75) is 33.8 Å². The van der Waals surface area contributed by atoms with Crippen molar-refractivity contribution in [2.75, 3.05) is 18.4 Å². The number of rotatable bonds is 7. The van der Waals surface area contributed by atoms with Crippen molar-refractivity contribution in [3.05, 3.63) is 58.1 Å². The Morgan fingerprint density at radius 3 is 2.40 bits per heavy atom. The van der Waals surface area contributed by atoms with E-state index in [9.17, 15) is 9.59 Å². The molecule has 0 aliphatic carbocycles. The van der Waals surface area contributed by atoms with Gasteiger partial charge < -0.3 is 15.0 Å². The number of hydrogen-bond donors (Lipinski definition) is 2. The van der Waals surface area contributed by atoms with Crippen molar-refractivity contribution in [1.29, 1.82) is 0 Å². The molecule has 0 heterocycles. The Kier molecular flexibility index (Phi) is 8.80. The summed E-state index contributed by atoms with van der Waals surface area (Å²) in [7, 11) is 0. The summed E-state index contributed by atoms with van der Waals surface area (Å²) in [6.07, 6.45) is 0.0298. The van der Waals surface area contributed by atoms with Gasteiger partial charge in [0.2, 0.25) is 0 Å². The summed E-state index contributed by atoms with van der Waals surface area (Å²) in [6.45, 7) is 9.02. The van der Waals surface area contributed by atoms with E-state index in [1.807, 2.05) is 27.7 Å². The van der Waals surface area contributed by atoms with Gasteiger partial charge in [-0.15, -0.1) is 0 Å². The summed E-state index contributed by atoms with van der Waals surface area (Å²) in [5.41, 5.74) is 1.62. The Bertz CT molecular complexity index is 930. The zero-order valence-corrected chi connectivity index (χ0v) is 19.9. The van der Waals surface area contributed by atoms with Crippen molar-refractivity contribution in [2.24, 2.45) is 0 Å². The smallest absolute Gasteiger partial charge is 0.257 e. The molecule has 2 N–H and O–H groups in total. The van der Waals surface area contributed by atoms with Crippen LogP contribution in [0.2, 0.25) is 0 Å². The van der Waals surface area contributed by atoms with Crippen LogP contribution >= 0.6 is 28.1 Å². The average Bonchev–Trinajstić information content (AvgIpc) is 2.70.